The summed E-state index contributed by atoms with van der Waals surface area (Å²) in [5.74, 6) is 0.841. The molecule has 0 heterocycles. The van der Waals surface area contributed by atoms with Crippen LogP contribution in [0.5, 0.6) is 0 Å². The average Bonchev–Trinajstić information content (AvgIpc) is 2.38. The van der Waals surface area contributed by atoms with Crippen LogP contribution in [0.1, 0.15) is 36.9 Å². The normalized spacial score (nSPS) is 13.5. The topological polar surface area (TPSA) is 12.0 Å². The van der Waals surface area contributed by atoms with E-state index < -0.39 is 11.7 Å². The van der Waals surface area contributed by atoms with Gasteiger partial charge in [0, 0.05) is 6.04 Å². The highest BCUT2D eigenvalue weighted by Gasteiger charge is 2.34. The first-order chi connectivity index (χ1) is 9.00. The Morgan fingerprint density at radius 2 is 1.95 bits per heavy atom. The van der Waals surface area contributed by atoms with Crippen molar-refractivity contribution in [3.05, 3.63) is 35.4 Å². The number of nitrogens with one attached hydrogen (secondary N) is 1. The van der Waals surface area contributed by atoms with Gasteiger partial charge in [-0.2, -0.15) is 24.9 Å². The molecule has 19 heavy (non-hydrogen) atoms. The third-order valence-electron chi connectivity index (χ3n) is 2.89. The number of hydrogen-bond donors (Lipinski definition) is 1. The summed E-state index contributed by atoms with van der Waals surface area (Å²) in [7, 11) is 0. The molecule has 108 valence electrons. The summed E-state index contributed by atoms with van der Waals surface area (Å²) in [4.78, 5) is 0. The van der Waals surface area contributed by atoms with Crippen LogP contribution in [0.15, 0.2) is 24.3 Å². The lowest BCUT2D eigenvalue weighted by molar-refractivity contribution is -0.138. The van der Waals surface area contributed by atoms with Crippen molar-refractivity contribution in [3.8, 4) is 0 Å². The third-order valence-corrected chi connectivity index (χ3v) is 3.54. The summed E-state index contributed by atoms with van der Waals surface area (Å²) in [6.45, 7) is 2.74. The highest BCUT2D eigenvalue weighted by molar-refractivity contribution is 7.98. The van der Waals surface area contributed by atoms with Crippen LogP contribution in [0.2, 0.25) is 0 Å². The first-order valence-electron chi connectivity index (χ1n) is 6.39. The van der Waals surface area contributed by atoms with Crippen molar-refractivity contribution in [2.24, 2.45) is 0 Å². The van der Waals surface area contributed by atoms with Crippen LogP contribution in [0.25, 0.3) is 0 Å². The second kappa shape index (κ2) is 7.80. The van der Waals surface area contributed by atoms with Crippen LogP contribution in [0, 0.1) is 0 Å². The molecule has 0 aliphatic carbocycles. The Labute approximate surface area is 117 Å². The molecule has 0 amide bonds. The Bertz CT molecular complexity index is 371. The van der Waals surface area contributed by atoms with Gasteiger partial charge < -0.3 is 5.32 Å². The van der Waals surface area contributed by atoms with Crippen LogP contribution >= 0.6 is 11.8 Å². The maximum absolute atomic E-state index is 13.0. The average molecular weight is 291 g/mol. The fourth-order valence-electron chi connectivity index (χ4n) is 1.98. The lowest BCUT2D eigenvalue weighted by Gasteiger charge is -2.22. The van der Waals surface area contributed by atoms with Crippen LogP contribution in [0.3, 0.4) is 0 Å². The van der Waals surface area contributed by atoms with Gasteiger partial charge in [0.1, 0.15) is 0 Å². The molecule has 0 saturated heterocycles. The highest BCUT2D eigenvalue weighted by Crippen LogP contribution is 2.35. The minimum Gasteiger partial charge on any atom is -0.310 e. The number of thioether (sulfide) groups is 1. The van der Waals surface area contributed by atoms with Crippen LogP contribution in [-0.2, 0) is 6.18 Å². The molecule has 0 bridgehead atoms. The Morgan fingerprint density at radius 1 is 1.26 bits per heavy atom. The smallest absolute Gasteiger partial charge is 0.310 e. The second-order valence-corrected chi connectivity index (χ2v) is 5.36. The molecule has 0 fully saturated rings. The number of benzene rings is 1. The molecule has 1 atom stereocenters. The Kier molecular flexibility index (Phi) is 6.72. The second-order valence-electron chi connectivity index (χ2n) is 4.37. The first-order valence-corrected chi connectivity index (χ1v) is 7.78. The minimum atomic E-state index is -4.29. The Hall–Kier alpha value is -0.680. The lowest BCUT2D eigenvalue weighted by Crippen LogP contribution is -2.25. The van der Waals surface area contributed by atoms with E-state index in [0.717, 1.165) is 24.8 Å². The van der Waals surface area contributed by atoms with E-state index >= 15 is 0 Å². The van der Waals surface area contributed by atoms with Crippen molar-refractivity contribution >= 4 is 11.8 Å². The number of alkyl halides is 3. The van der Waals surface area contributed by atoms with E-state index in [1.54, 1.807) is 23.9 Å². The fraction of sp³-hybridized carbons (Fsp3) is 0.571. The largest absolute Gasteiger partial charge is 0.416 e. The zero-order valence-corrected chi connectivity index (χ0v) is 12.1. The lowest BCUT2D eigenvalue weighted by atomic mass is 9.98. The third kappa shape index (κ3) is 5.07. The predicted octanol–water partition coefficient (Wildman–Crippen LogP) is 4.50. The highest BCUT2D eigenvalue weighted by atomic mass is 32.2. The van der Waals surface area contributed by atoms with Crippen LogP contribution < -0.4 is 5.32 Å². The summed E-state index contributed by atoms with van der Waals surface area (Å²) in [6, 6.07) is 5.62. The van der Waals surface area contributed by atoms with Gasteiger partial charge in [-0.05, 0) is 43.0 Å². The van der Waals surface area contributed by atoms with Crippen molar-refractivity contribution in [1.82, 2.24) is 5.32 Å². The van der Waals surface area contributed by atoms with E-state index in [2.05, 4.69) is 5.32 Å². The van der Waals surface area contributed by atoms with Crippen molar-refractivity contribution in [3.63, 3.8) is 0 Å². The van der Waals surface area contributed by atoms with Gasteiger partial charge in [-0.1, -0.05) is 25.1 Å². The van der Waals surface area contributed by atoms with Crippen LogP contribution in [-0.4, -0.2) is 18.6 Å². The van der Waals surface area contributed by atoms with Gasteiger partial charge in [0.15, 0.2) is 0 Å². The number of halogens is 3. The maximum Gasteiger partial charge on any atom is 0.416 e. The zero-order chi connectivity index (χ0) is 14.3. The standard InChI is InChI=1S/C14H20F3NS/c1-3-9-18-13(8-10-19-2)11-6-4-5-7-12(11)14(15,16)17/h4-7,13,18H,3,8-10H2,1-2H3. The molecule has 1 aromatic carbocycles. The van der Waals surface area contributed by atoms with Gasteiger partial charge >= 0.3 is 6.18 Å². The van der Waals surface area contributed by atoms with E-state index in [9.17, 15) is 13.2 Å². The van der Waals surface area contributed by atoms with Gasteiger partial charge in [0.25, 0.3) is 0 Å². The van der Waals surface area contributed by atoms with E-state index in [-0.39, 0.29) is 6.04 Å². The zero-order valence-electron chi connectivity index (χ0n) is 11.3. The predicted molar refractivity (Wildman–Crippen MR) is 75.5 cm³/mol. The van der Waals surface area contributed by atoms with Crippen molar-refractivity contribution in [1.29, 1.82) is 0 Å². The molecule has 1 rings (SSSR count). The molecule has 1 N–H and O–H groups in total. The summed E-state index contributed by atoms with van der Waals surface area (Å²) in [5.41, 5.74) is -0.165. The molecule has 0 aromatic heterocycles. The molecule has 1 unspecified atom stereocenters. The summed E-state index contributed by atoms with van der Waals surface area (Å²) in [6.07, 6.45) is -0.715. The van der Waals surface area contributed by atoms with Gasteiger partial charge in [-0.25, -0.2) is 0 Å². The molecular formula is C14H20F3NS. The van der Waals surface area contributed by atoms with Crippen molar-refractivity contribution in [2.45, 2.75) is 32.0 Å². The monoisotopic (exact) mass is 291 g/mol. The van der Waals surface area contributed by atoms with Crippen molar-refractivity contribution in [2.75, 3.05) is 18.6 Å². The molecule has 0 radical (unpaired) electrons. The summed E-state index contributed by atoms with van der Waals surface area (Å²) >= 11 is 1.65. The first kappa shape index (κ1) is 16.4. The summed E-state index contributed by atoms with van der Waals surface area (Å²) < 4.78 is 39.1. The van der Waals surface area contributed by atoms with Crippen molar-refractivity contribution < 1.29 is 13.2 Å². The number of rotatable bonds is 7. The molecule has 5 heteroatoms. The quantitative estimate of drug-likeness (QED) is 0.794. The molecule has 0 spiro atoms. The molecule has 1 nitrogen and oxygen atoms in total. The summed E-state index contributed by atoms with van der Waals surface area (Å²) in [5, 5.41) is 3.22. The molecule has 0 aliphatic rings. The van der Waals surface area contributed by atoms with Gasteiger partial charge in [0.2, 0.25) is 0 Å². The fourth-order valence-corrected chi connectivity index (χ4v) is 2.45. The molecule has 0 saturated carbocycles. The maximum atomic E-state index is 13.0. The van der Waals surface area contributed by atoms with E-state index in [1.807, 2.05) is 13.2 Å². The van der Waals surface area contributed by atoms with Gasteiger partial charge in [-0.3, -0.25) is 0 Å². The molecular weight excluding hydrogens is 271 g/mol. The van der Waals surface area contributed by atoms with E-state index in [4.69, 9.17) is 0 Å². The molecule has 0 aliphatic heterocycles. The van der Waals surface area contributed by atoms with E-state index in [0.29, 0.717) is 12.0 Å². The SMILES string of the molecule is CCCNC(CCSC)c1ccccc1C(F)(F)F. The molecule has 1 aromatic rings. The number of hydrogen-bond acceptors (Lipinski definition) is 2. The van der Waals surface area contributed by atoms with E-state index in [1.165, 1.54) is 6.07 Å². The Balaban J connectivity index is 3.00. The Morgan fingerprint density at radius 3 is 2.53 bits per heavy atom. The minimum absolute atomic E-state index is 0.231. The van der Waals surface area contributed by atoms with Crippen LogP contribution in [0.4, 0.5) is 13.2 Å². The van der Waals surface area contributed by atoms with Gasteiger partial charge in [-0.15, -0.1) is 0 Å². The van der Waals surface area contributed by atoms with Gasteiger partial charge in [0.05, 0.1) is 5.56 Å².